The van der Waals surface area contributed by atoms with E-state index in [9.17, 15) is 14.0 Å². The quantitative estimate of drug-likeness (QED) is 0.900. The largest absolute Gasteiger partial charge is 0.481 e. The van der Waals surface area contributed by atoms with Gasteiger partial charge in [-0.25, -0.2) is 9.18 Å². The number of carbonyl (C=O) groups excluding carboxylic acids is 1. The van der Waals surface area contributed by atoms with Crippen molar-refractivity contribution in [3.63, 3.8) is 0 Å². The fourth-order valence-corrected chi connectivity index (χ4v) is 2.64. The Morgan fingerprint density at radius 1 is 1.48 bits per heavy atom. The molecule has 1 fully saturated rings. The number of hydrogen-bond acceptors (Lipinski definition) is 2. The summed E-state index contributed by atoms with van der Waals surface area (Å²) in [7, 11) is 0. The van der Waals surface area contributed by atoms with E-state index < -0.39 is 11.8 Å². The SMILES string of the molecule is Cc1cccc(F)c1NC(=O)N1CCCC(CC(=O)O)C1. The normalized spacial score (nSPS) is 18.4. The summed E-state index contributed by atoms with van der Waals surface area (Å²) in [6.45, 7) is 2.68. The maximum Gasteiger partial charge on any atom is 0.321 e. The van der Waals surface area contributed by atoms with Crippen molar-refractivity contribution in [3.8, 4) is 0 Å². The van der Waals surface area contributed by atoms with E-state index in [-0.39, 0.29) is 24.1 Å². The molecule has 0 aromatic heterocycles. The van der Waals surface area contributed by atoms with Gasteiger partial charge in [-0.2, -0.15) is 0 Å². The van der Waals surface area contributed by atoms with Gasteiger partial charge in [-0.05, 0) is 37.3 Å². The molecule has 0 aliphatic carbocycles. The minimum Gasteiger partial charge on any atom is -0.481 e. The number of nitrogens with zero attached hydrogens (tertiary/aromatic N) is 1. The molecule has 1 aliphatic heterocycles. The van der Waals surface area contributed by atoms with Crippen molar-refractivity contribution in [1.29, 1.82) is 0 Å². The average Bonchev–Trinajstić information content (AvgIpc) is 2.42. The standard InChI is InChI=1S/C15H19FN2O3/c1-10-4-2-6-12(16)14(10)17-15(21)18-7-3-5-11(9-18)8-13(19)20/h2,4,6,11H,3,5,7-9H2,1H3,(H,17,21)(H,19,20). The summed E-state index contributed by atoms with van der Waals surface area (Å²) >= 11 is 0. The molecular weight excluding hydrogens is 275 g/mol. The highest BCUT2D eigenvalue weighted by atomic mass is 19.1. The molecule has 2 rings (SSSR count). The smallest absolute Gasteiger partial charge is 0.321 e. The third-order valence-corrected chi connectivity index (χ3v) is 3.72. The number of aliphatic carboxylic acids is 1. The number of anilines is 1. The highest BCUT2D eigenvalue weighted by Crippen LogP contribution is 2.22. The highest BCUT2D eigenvalue weighted by molar-refractivity contribution is 5.90. The van der Waals surface area contributed by atoms with E-state index >= 15 is 0 Å². The molecule has 1 unspecified atom stereocenters. The number of amides is 2. The van der Waals surface area contributed by atoms with Crippen LogP contribution in [0.3, 0.4) is 0 Å². The number of piperidine rings is 1. The average molecular weight is 294 g/mol. The predicted molar refractivity (Wildman–Crippen MR) is 76.7 cm³/mol. The van der Waals surface area contributed by atoms with E-state index in [1.54, 1.807) is 24.0 Å². The number of para-hydroxylation sites is 1. The first-order valence-electron chi connectivity index (χ1n) is 7.00. The fourth-order valence-electron chi connectivity index (χ4n) is 2.64. The second-order valence-electron chi connectivity index (χ2n) is 5.41. The van der Waals surface area contributed by atoms with Crippen LogP contribution in [0.25, 0.3) is 0 Å². The lowest BCUT2D eigenvalue weighted by atomic mass is 9.95. The van der Waals surface area contributed by atoms with Gasteiger partial charge in [-0.15, -0.1) is 0 Å². The summed E-state index contributed by atoms with van der Waals surface area (Å²) in [5, 5.41) is 11.4. The van der Waals surface area contributed by atoms with Gasteiger partial charge < -0.3 is 15.3 Å². The van der Waals surface area contributed by atoms with E-state index in [0.29, 0.717) is 18.7 Å². The Morgan fingerprint density at radius 3 is 2.90 bits per heavy atom. The number of aryl methyl sites for hydroxylation is 1. The maximum absolute atomic E-state index is 13.7. The van der Waals surface area contributed by atoms with Crippen molar-refractivity contribution < 1.29 is 19.1 Å². The third kappa shape index (κ3) is 3.93. The van der Waals surface area contributed by atoms with Crippen LogP contribution >= 0.6 is 0 Å². The maximum atomic E-state index is 13.7. The second kappa shape index (κ2) is 6.56. The molecule has 21 heavy (non-hydrogen) atoms. The molecule has 1 aliphatic rings. The van der Waals surface area contributed by atoms with Crippen molar-refractivity contribution in [2.24, 2.45) is 5.92 Å². The molecule has 0 saturated carbocycles. The van der Waals surface area contributed by atoms with Crippen LogP contribution in [0.2, 0.25) is 0 Å². The number of likely N-dealkylation sites (tertiary alicyclic amines) is 1. The summed E-state index contributed by atoms with van der Waals surface area (Å²) < 4.78 is 13.7. The number of carboxylic acid groups (broad SMARTS) is 1. The van der Waals surface area contributed by atoms with Crippen LogP contribution in [-0.4, -0.2) is 35.1 Å². The van der Waals surface area contributed by atoms with Gasteiger partial charge in [0.05, 0.1) is 5.69 Å². The Balaban J connectivity index is 2.01. The molecule has 114 valence electrons. The van der Waals surface area contributed by atoms with Gasteiger partial charge in [0.15, 0.2) is 0 Å². The van der Waals surface area contributed by atoms with Gasteiger partial charge >= 0.3 is 12.0 Å². The molecule has 1 aromatic carbocycles. The van der Waals surface area contributed by atoms with Crippen LogP contribution in [0, 0.1) is 18.7 Å². The summed E-state index contributed by atoms with van der Waals surface area (Å²) in [6.07, 6.45) is 1.62. The first-order chi connectivity index (χ1) is 9.97. The van der Waals surface area contributed by atoms with Crippen LogP contribution in [0.1, 0.15) is 24.8 Å². The molecule has 6 heteroatoms. The second-order valence-corrected chi connectivity index (χ2v) is 5.41. The zero-order chi connectivity index (χ0) is 15.4. The van der Waals surface area contributed by atoms with Crippen LogP contribution in [0.5, 0.6) is 0 Å². The number of benzene rings is 1. The zero-order valence-electron chi connectivity index (χ0n) is 11.9. The Labute approximate surface area is 122 Å². The van der Waals surface area contributed by atoms with Gasteiger partial charge in [0.1, 0.15) is 5.82 Å². The van der Waals surface area contributed by atoms with E-state index in [4.69, 9.17) is 5.11 Å². The summed E-state index contributed by atoms with van der Waals surface area (Å²) in [5.41, 5.74) is 0.838. The monoisotopic (exact) mass is 294 g/mol. The minimum absolute atomic E-state index is 0.0382. The number of urea groups is 1. The van der Waals surface area contributed by atoms with Crippen LogP contribution in [0.4, 0.5) is 14.9 Å². The molecule has 1 atom stereocenters. The van der Waals surface area contributed by atoms with Crippen molar-refractivity contribution in [1.82, 2.24) is 4.90 Å². The van der Waals surface area contributed by atoms with Crippen molar-refractivity contribution in [2.45, 2.75) is 26.2 Å². The van der Waals surface area contributed by atoms with E-state index in [2.05, 4.69) is 5.32 Å². The predicted octanol–water partition coefficient (Wildman–Crippen LogP) is 2.85. The van der Waals surface area contributed by atoms with Crippen LogP contribution < -0.4 is 5.32 Å². The summed E-state index contributed by atoms with van der Waals surface area (Å²) in [4.78, 5) is 24.5. The molecule has 0 spiro atoms. The lowest BCUT2D eigenvalue weighted by molar-refractivity contribution is -0.138. The molecule has 0 radical (unpaired) electrons. The number of carboxylic acids is 1. The number of halogens is 1. The molecule has 5 nitrogen and oxygen atoms in total. The first kappa shape index (κ1) is 15.3. The molecule has 1 aromatic rings. The lowest BCUT2D eigenvalue weighted by Crippen LogP contribution is -2.43. The molecule has 1 heterocycles. The van der Waals surface area contributed by atoms with E-state index in [0.717, 1.165) is 12.8 Å². The molecule has 1 saturated heterocycles. The molecule has 0 bridgehead atoms. The molecule has 2 amide bonds. The van der Waals surface area contributed by atoms with E-state index in [1.807, 2.05) is 0 Å². The Kier molecular flexibility index (Phi) is 4.77. The van der Waals surface area contributed by atoms with Gasteiger partial charge in [0.25, 0.3) is 0 Å². The Hall–Kier alpha value is -2.11. The molecular formula is C15H19FN2O3. The zero-order valence-corrected chi connectivity index (χ0v) is 11.9. The van der Waals surface area contributed by atoms with Crippen LogP contribution in [-0.2, 0) is 4.79 Å². The topological polar surface area (TPSA) is 69.6 Å². The van der Waals surface area contributed by atoms with Gasteiger partial charge in [0.2, 0.25) is 0 Å². The Bertz CT molecular complexity index is 527. The minimum atomic E-state index is -0.854. The first-order valence-corrected chi connectivity index (χ1v) is 7.00. The highest BCUT2D eigenvalue weighted by Gasteiger charge is 2.25. The van der Waals surface area contributed by atoms with Gasteiger partial charge in [-0.1, -0.05) is 12.1 Å². The summed E-state index contributed by atoms with van der Waals surface area (Å²) in [6, 6.07) is 4.23. The lowest BCUT2D eigenvalue weighted by Gasteiger charge is -2.32. The summed E-state index contributed by atoms with van der Waals surface area (Å²) in [5.74, 6) is -1.36. The van der Waals surface area contributed by atoms with E-state index in [1.165, 1.54) is 6.07 Å². The van der Waals surface area contributed by atoms with Crippen LogP contribution in [0.15, 0.2) is 18.2 Å². The third-order valence-electron chi connectivity index (χ3n) is 3.72. The number of carbonyl (C=O) groups is 2. The van der Waals surface area contributed by atoms with Gasteiger partial charge in [-0.3, -0.25) is 4.79 Å². The van der Waals surface area contributed by atoms with Crippen molar-refractivity contribution >= 4 is 17.7 Å². The number of hydrogen-bond donors (Lipinski definition) is 2. The van der Waals surface area contributed by atoms with Gasteiger partial charge in [0, 0.05) is 19.5 Å². The number of nitrogens with one attached hydrogen (secondary N) is 1. The fraction of sp³-hybridized carbons (Fsp3) is 0.467. The van der Waals surface area contributed by atoms with Crippen molar-refractivity contribution in [2.75, 3.05) is 18.4 Å². The number of rotatable bonds is 3. The van der Waals surface area contributed by atoms with Crippen molar-refractivity contribution in [3.05, 3.63) is 29.6 Å². The molecule has 2 N–H and O–H groups in total. The Morgan fingerprint density at radius 2 is 2.24 bits per heavy atom.